The van der Waals surface area contributed by atoms with Crippen LogP contribution in [0.4, 0.5) is 5.69 Å². The summed E-state index contributed by atoms with van der Waals surface area (Å²) in [6.07, 6.45) is 3.89. The van der Waals surface area contributed by atoms with Gasteiger partial charge < -0.3 is 5.32 Å². The van der Waals surface area contributed by atoms with Crippen molar-refractivity contribution in [3.05, 3.63) is 81.8 Å². The summed E-state index contributed by atoms with van der Waals surface area (Å²) in [6.45, 7) is 1.94. The van der Waals surface area contributed by atoms with Crippen LogP contribution in [0.25, 0.3) is 17.0 Å². The van der Waals surface area contributed by atoms with E-state index in [0.29, 0.717) is 11.3 Å². The van der Waals surface area contributed by atoms with Gasteiger partial charge in [0.25, 0.3) is 5.91 Å². The maximum absolute atomic E-state index is 12.3. The molecule has 6 heteroatoms. The number of benzene rings is 2. The zero-order valence-corrected chi connectivity index (χ0v) is 16.1. The third-order valence-electron chi connectivity index (χ3n) is 3.99. The highest BCUT2D eigenvalue weighted by Crippen LogP contribution is 2.21. The molecule has 2 aromatic heterocycles. The standard InChI is InChI=1S/C20H15IN4O/c1-13-9-10-25-12-18(24-20(25)22-13)14-5-7-17(8-6-14)23-19(26)15-3-2-4-16(21)11-15/h2-12H,1H3,(H,23,26). The van der Waals surface area contributed by atoms with E-state index in [1.807, 2.05) is 72.2 Å². The van der Waals surface area contributed by atoms with Gasteiger partial charge in [0.2, 0.25) is 5.78 Å². The predicted molar refractivity (Wildman–Crippen MR) is 110 cm³/mol. The van der Waals surface area contributed by atoms with E-state index in [1.165, 1.54) is 0 Å². The monoisotopic (exact) mass is 454 g/mol. The quantitative estimate of drug-likeness (QED) is 0.462. The summed E-state index contributed by atoms with van der Waals surface area (Å²) in [7, 11) is 0. The van der Waals surface area contributed by atoms with Gasteiger partial charge in [0, 0.05) is 38.5 Å². The average molecular weight is 454 g/mol. The van der Waals surface area contributed by atoms with Crippen LogP contribution in [0.2, 0.25) is 0 Å². The Kier molecular flexibility index (Phi) is 4.42. The van der Waals surface area contributed by atoms with Crippen molar-refractivity contribution in [1.82, 2.24) is 14.4 Å². The minimum absolute atomic E-state index is 0.122. The minimum Gasteiger partial charge on any atom is -0.322 e. The molecule has 0 atom stereocenters. The Labute approximate surface area is 164 Å². The number of halogens is 1. The van der Waals surface area contributed by atoms with Gasteiger partial charge in [-0.2, -0.15) is 0 Å². The van der Waals surface area contributed by atoms with Gasteiger partial charge in [-0.15, -0.1) is 0 Å². The van der Waals surface area contributed by atoms with Gasteiger partial charge in [-0.3, -0.25) is 9.20 Å². The number of aryl methyl sites for hydroxylation is 1. The Hall–Kier alpha value is -2.74. The molecule has 0 aliphatic rings. The molecule has 2 heterocycles. The molecule has 0 saturated heterocycles. The van der Waals surface area contributed by atoms with Crippen molar-refractivity contribution in [2.75, 3.05) is 5.32 Å². The lowest BCUT2D eigenvalue weighted by Crippen LogP contribution is -2.11. The van der Waals surface area contributed by atoms with Gasteiger partial charge in [-0.05, 0) is 65.9 Å². The van der Waals surface area contributed by atoms with Crippen LogP contribution in [0.15, 0.2) is 67.0 Å². The lowest BCUT2D eigenvalue weighted by atomic mass is 10.1. The molecule has 0 fully saturated rings. The molecule has 0 spiro atoms. The van der Waals surface area contributed by atoms with E-state index in [2.05, 4.69) is 37.9 Å². The Bertz CT molecular complexity index is 1100. The third-order valence-corrected chi connectivity index (χ3v) is 4.66. The van der Waals surface area contributed by atoms with E-state index in [9.17, 15) is 4.79 Å². The number of carbonyl (C=O) groups is 1. The van der Waals surface area contributed by atoms with Gasteiger partial charge >= 0.3 is 0 Å². The second-order valence-corrected chi connectivity index (χ2v) is 7.19. The summed E-state index contributed by atoms with van der Waals surface area (Å²) >= 11 is 2.19. The van der Waals surface area contributed by atoms with Crippen LogP contribution < -0.4 is 5.32 Å². The fourth-order valence-electron chi connectivity index (χ4n) is 2.66. The zero-order valence-electron chi connectivity index (χ0n) is 14.0. The molecule has 0 aliphatic heterocycles. The van der Waals surface area contributed by atoms with E-state index in [1.54, 1.807) is 6.07 Å². The number of carbonyl (C=O) groups excluding carboxylic acids is 1. The second kappa shape index (κ2) is 6.87. The number of nitrogens with zero attached hydrogens (tertiary/aromatic N) is 3. The van der Waals surface area contributed by atoms with Crippen molar-refractivity contribution in [1.29, 1.82) is 0 Å². The van der Waals surface area contributed by atoms with E-state index >= 15 is 0 Å². The average Bonchev–Trinajstić information content (AvgIpc) is 3.05. The Balaban J connectivity index is 1.55. The maximum atomic E-state index is 12.3. The first-order chi connectivity index (χ1) is 12.6. The van der Waals surface area contributed by atoms with Crippen molar-refractivity contribution in [2.45, 2.75) is 6.92 Å². The lowest BCUT2D eigenvalue weighted by Gasteiger charge is -2.06. The lowest BCUT2D eigenvalue weighted by molar-refractivity contribution is 0.102. The number of nitrogens with one attached hydrogen (secondary N) is 1. The Morgan fingerprint density at radius 1 is 1.08 bits per heavy atom. The highest BCUT2D eigenvalue weighted by Gasteiger charge is 2.08. The van der Waals surface area contributed by atoms with Crippen molar-refractivity contribution < 1.29 is 4.79 Å². The molecule has 26 heavy (non-hydrogen) atoms. The molecule has 2 aromatic carbocycles. The molecular weight excluding hydrogens is 439 g/mol. The van der Waals surface area contributed by atoms with Crippen LogP contribution >= 0.6 is 22.6 Å². The van der Waals surface area contributed by atoms with Crippen LogP contribution in [0.3, 0.4) is 0 Å². The highest BCUT2D eigenvalue weighted by molar-refractivity contribution is 14.1. The Morgan fingerprint density at radius 2 is 1.88 bits per heavy atom. The summed E-state index contributed by atoms with van der Waals surface area (Å²) in [5.74, 6) is 0.555. The van der Waals surface area contributed by atoms with E-state index < -0.39 is 0 Å². The first-order valence-corrected chi connectivity index (χ1v) is 9.16. The van der Waals surface area contributed by atoms with Gasteiger partial charge in [0.05, 0.1) is 5.69 Å². The molecule has 1 N–H and O–H groups in total. The smallest absolute Gasteiger partial charge is 0.255 e. The summed E-state index contributed by atoms with van der Waals surface area (Å²) in [4.78, 5) is 21.3. The first kappa shape index (κ1) is 16.7. The molecule has 1 amide bonds. The molecule has 0 unspecified atom stereocenters. The maximum Gasteiger partial charge on any atom is 0.255 e. The molecule has 4 aromatic rings. The normalized spacial score (nSPS) is 10.8. The molecule has 0 saturated carbocycles. The number of imidazole rings is 1. The van der Waals surface area contributed by atoms with Crippen molar-refractivity contribution in [3.63, 3.8) is 0 Å². The van der Waals surface area contributed by atoms with Crippen LogP contribution in [-0.2, 0) is 0 Å². The number of hydrogen-bond acceptors (Lipinski definition) is 3. The number of fused-ring (bicyclic) bond motifs is 1. The summed E-state index contributed by atoms with van der Waals surface area (Å²) < 4.78 is 2.93. The number of amides is 1. The van der Waals surface area contributed by atoms with E-state index in [4.69, 9.17) is 0 Å². The van der Waals surface area contributed by atoms with E-state index in [-0.39, 0.29) is 5.91 Å². The summed E-state index contributed by atoms with van der Waals surface area (Å²) in [6, 6.07) is 17.1. The van der Waals surface area contributed by atoms with Crippen LogP contribution in [0.5, 0.6) is 0 Å². The molecular formula is C20H15IN4O. The largest absolute Gasteiger partial charge is 0.322 e. The van der Waals surface area contributed by atoms with Gasteiger partial charge in [-0.1, -0.05) is 18.2 Å². The van der Waals surface area contributed by atoms with Crippen LogP contribution in [-0.4, -0.2) is 20.3 Å². The zero-order chi connectivity index (χ0) is 18.1. The van der Waals surface area contributed by atoms with Crippen LogP contribution in [0.1, 0.15) is 16.1 Å². The molecule has 0 radical (unpaired) electrons. The number of aromatic nitrogens is 3. The molecule has 4 rings (SSSR count). The van der Waals surface area contributed by atoms with Gasteiger partial charge in [-0.25, -0.2) is 9.97 Å². The molecule has 0 aliphatic carbocycles. The SMILES string of the molecule is Cc1ccn2cc(-c3ccc(NC(=O)c4cccc(I)c4)cc3)nc2n1. The summed E-state index contributed by atoms with van der Waals surface area (Å²) in [5.41, 5.74) is 4.14. The van der Waals surface area contributed by atoms with Crippen molar-refractivity contribution >= 4 is 40.0 Å². The van der Waals surface area contributed by atoms with Crippen molar-refractivity contribution in [2.24, 2.45) is 0 Å². The van der Waals surface area contributed by atoms with Gasteiger partial charge in [0.15, 0.2) is 0 Å². The predicted octanol–water partition coefficient (Wildman–Crippen LogP) is 4.56. The highest BCUT2D eigenvalue weighted by atomic mass is 127. The van der Waals surface area contributed by atoms with E-state index in [0.717, 1.165) is 26.2 Å². The Morgan fingerprint density at radius 3 is 2.65 bits per heavy atom. The topological polar surface area (TPSA) is 59.3 Å². The van der Waals surface area contributed by atoms with Crippen molar-refractivity contribution in [3.8, 4) is 11.3 Å². The third kappa shape index (κ3) is 3.45. The second-order valence-electron chi connectivity index (χ2n) is 5.94. The number of hydrogen-bond donors (Lipinski definition) is 1. The first-order valence-electron chi connectivity index (χ1n) is 8.08. The minimum atomic E-state index is -0.122. The van der Waals surface area contributed by atoms with Gasteiger partial charge in [0.1, 0.15) is 0 Å². The molecule has 0 bridgehead atoms. The summed E-state index contributed by atoms with van der Waals surface area (Å²) in [5, 5.41) is 2.92. The number of rotatable bonds is 3. The number of anilines is 1. The fraction of sp³-hybridized carbons (Fsp3) is 0.0500. The molecule has 5 nitrogen and oxygen atoms in total. The molecule has 128 valence electrons. The fourth-order valence-corrected chi connectivity index (χ4v) is 3.20. The van der Waals surface area contributed by atoms with Crippen LogP contribution in [0, 0.1) is 10.5 Å².